The van der Waals surface area contributed by atoms with Gasteiger partial charge in [0.1, 0.15) is 11.6 Å². The average molecular weight is 400 g/mol. The fourth-order valence-corrected chi connectivity index (χ4v) is 3.65. The molecule has 3 aromatic rings. The van der Waals surface area contributed by atoms with Crippen LogP contribution >= 0.6 is 11.6 Å². The van der Waals surface area contributed by atoms with Crippen LogP contribution < -0.4 is 5.32 Å². The van der Waals surface area contributed by atoms with E-state index in [0.29, 0.717) is 17.4 Å². The maximum atomic E-state index is 12.7. The number of benzene rings is 1. The molecule has 1 N–H and O–H groups in total. The van der Waals surface area contributed by atoms with Crippen LogP contribution in [-0.2, 0) is 0 Å². The van der Waals surface area contributed by atoms with Crippen LogP contribution in [0.4, 0.5) is 0 Å². The second kappa shape index (κ2) is 8.16. The van der Waals surface area contributed by atoms with Gasteiger partial charge in [-0.15, -0.1) is 5.10 Å². The van der Waals surface area contributed by atoms with E-state index in [4.69, 9.17) is 16.0 Å². The summed E-state index contributed by atoms with van der Waals surface area (Å²) in [5.41, 5.74) is 0.805. The molecular weight excluding hydrogens is 378 g/mol. The highest BCUT2D eigenvalue weighted by Gasteiger charge is 2.26. The molecule has 0 saturated carbocycles. The van der Waals surface area contributed by atoms with Gasteiger partial charge in [0.05, 0.1) is 18.0 Å². The average Bonchev–Trinajstić information content (AvgIpc) is 3.45. The summed E-state index contributed by atoms with van der Waals surface area (Å²) in [6.07, 6.45) is 3.99. The van der Waals surface area contributed by atoms with Crippen LogP contribution in [0.25, 0.3) is 5.69 Å². The second-order valence-electron chi connectivity index (χ2n) is 6.86. The van der Waals surface area contributed by atoms with Crippen molar-refractivity contribution in [2.24, 2.45) is 0 Å². The van der Waals surface area contributed by atoms with E-state index in [0.717, 1.165) is 37.4 Å². The maximum Gasteiger partial charge on any atom is 0.291 e. The van der Waals surface area contributed by atoms with Gasteiger partial charge in [0.15, 0.2) is 0 Å². The maximum absolute atomic E-state index is 12.7. The van der Waals surface area contributed by atoms with E-state index in [1.54, 1.807) is 23.1 Å². The number of carbonyl (C=O) groups excluding carboxylic acids is 1. The first-order valence-electron chi connectivity index (χ1n) is 9.37. The van der Waals surface area contributed by atoms with E-state index >= 15 is 0 Å². The number of rotatable bonds is 6. The van der Waals surface area contributed by atoms with Crippen LogP contribution in [0.2, 0.25) is 5.02 Å². The van der Waals surface area contributed by atoms with Gasteiger partial charge in [0, 0.05) is 11.6 Å². The lowest BCUT2D eigenvalue weighted by Gasteiger charge is -2.25. The van der Waals surface area contributed by atoms with Gasteiger partial charge in [0.25, 0.3) is 5.91 Å². The van der Waals surface area contributed by atoms with Crippen molar-refractivity contribution in [3.8, 4) is 5.69 Å². The third-order valence-electron chi connectivity index (χ3n) is 4.95. The van der Waals surface area contributed by atoms with Crippen molar-refractivity contribution in [3.63, 3.8) is 0 Å². The number of likely N-dealkylation sites (tertiary alicyclic amines) is 1. The van der Waals surface area contributed by atoms with Crippen molar-refractivity contribution in [2.45, 2.75) is 25.8 Å². The molecule has 0 spiro atoms. The predicted molar refractivity (Wildman–Crippen MR) is 106 cm³/mol. The highest BCUT2D eigenvalue weighted by molar-refractivity contribution is 6.30. The number of halogens is 1. The minimum absolute atomic E-state index is 0.0147. The Labute approximate surface area is 168 Å². The number of nitrogens with one attached hydrogen (secondary N) is 1. The summed E-state index contributed by atoms with van der Waals surface area (Å²) < 4.78 is 7.23. The zero-order valence-corrected chi connectivity index (χ0v) is 16.4. The summed E-state index contributed by atoms with van der Waals surface area (Å²) in [4.78, 5) is 19.3. The molecule has 146 valence electrons. The molecule has 1 fully saturated rings. The molecule has 1 aliphatic heterocycles. The lowest BCUT2D eigenvalue weighted by atomic mass is 10.2. The standard InChI is InChI=1S/C20H22ClN5O2/c1-14-23-19(24-26(14)16-8-6-15(21)7-9-16)20(27)22-13-17(18-5-4-12-28-18)25-10-2-3-11-25/h4-9,12,17H,2-3,10-11,13H2,1H3,(H,22,27)/t17-/m1/s1. The van der Waals surface area contributed by atoms with Gasteiger partial charge in [-0.05, 0) is 69.3 Å². The van der Waals surface area contributed by atoms with Crippen LogP contribution in [0, 0.1) is 6.92 Å². The van der Waals surface area contributed by atoms with Gasteiger partial charge in [-0.2, -0.15) is 0 Å². The first-order chi connectivity index (χ1) is 13.6. The van der Waals surface area contributed by atoms with Crippen LogP contribution in [-0.4, -0.2) is 45.2 Å². The van der Waals surface area contributed by atoms with Gasteiger partial charge in [-0.1, -0.05) is 11.6 Å². The highest BCUT2D eigenvalue weighted by Crippen LogP contribution is 2.25. The molecule has 1 saturated heterocycles. The molecule has 1 atom stereocenters. The van der Waals surface area contributed by atoms with Crippen molar-refractivity contribution < 1.29 is 9.21 Å². The number of furan rings is 1. The number of amides is 1. The van der Waals surface area contributed by atoms with Crippen LogP contribution in [0.15, 0.2) is 47.1 Å². The third-order valence-corrected chi connectivity index (χ3v) is 5.20. The van der Waals surface area contributed by atoms with E-state index in [1.165, 1.54) is 0 Å². The molecule has 1 amide bonds. The number of aryl methyl sites for hydroxylation is 1. The van der Waals surface area contributed by atoms with E-state index < -0.39 is 0 Å². The highest BCUT2D eigenvalue weighted by atomic mass is 35.5. The summed E-state index contributed by atoms with van der Waals surface area (Å²) in [5.74, 6) is 1.34. The smallest absolute Gasteiger partial charge is 0.291 e. The Hall–Kier alpha value is -2.64. The van der Waals surface area contributed by atoms with Crippen molar-refractivity contribution >= 4 is 17.5 Å². The summed E-state index contributed by atoms with van der Waals surface area (Å²) in [7, 11) is 0. The number of nitrogens with zero attached hydrogens (tertiary/aromatic N) is 4. The Morgan fingerprint density at radius 2 is 2.00 bits per heavy atom. The van der Waals surface area contributed by atoms with Crippen molar-refractivity contribution in [1.29, 1.82) is 0 Å². The SMILES string of the molecule is Cc1nc(C(=O)NC[C@H](c2ccco2)N2CCCC2)nn1-c1ccc(Cl)cc1. The molecule has 0 unspecified atom stereocenters. The zero-order chi connectivity index (χ0) is 19.5. The van der Waals surface area contributed by atoms with Crippen molar-refractivity contribution in [3.05, 3.63) is 65.1 Å². The largest absolute Gasteiger partial charge is 0.468 e. The summed E-state index contributed by atoms with van der Waals surface area (Å²) in [5, 5.41) is 7.97. The molecular formula is C20H22ClN5O2. The van der Waals surface area contributed by atoms with Crippen LogP contribution in [0.3, 0.4) is 0 Å². The molecule has 28 heavy (non-hydrogen) atoms. The minimum Gasteiger partial charge on any atom is -0.468 e. The molecule has 0 aliphatic carbocycles. The molecule has 1 aromatic carbocycles. The van der Waals surface area contributed by atoms with Crippen molar-refractivity contribution in [2.75, 3.05) is 19.6 Å². The van der Waals surface area contributed by atoms with E-state index in [-0.39, 0.29) is 17.8 Å². The Bertz CT molecular complexity index is 930. The molecule has 0 bridgehead atoms. The summed E-state index contributed by atoms with van der Waals surface area (Å²) in [6.45, 7) is 4.27. The quantitative estimate of drug-likeness (QED) is 0.687. The normalized spacial score (nSPS) is 15.6. The summed E-state index contributed by atoms with van der Waals surface area (Å²) >= 11 is 5.94. The fourth-order valence-electron chi connectivity index (χ4n) is 3.53. The second-order valence-corrected chi connectivity index (χ2v) is 7.29. The van der Waals surface area contributed by atoms with Gasteiger partial charge < -0.3 is 9.73 Å². The molecule has 0 radical (unpaired) electrons. The van der Waals surface area contributed by atoms with Crippen LogP contribution in [0.1, 0.15) is 41.1 Å². The van der Waals surface area contributed by atoms with Gasteiger partial charge >= 0.3 is 0 Å². The van der Waals surface area contributed by atoms with Gasteiger partial charge in [-0.25, -0.2) is 9.67 Å². The lowest BCUT2D eigenvalue weighted by molar-refractivity contribution is 0.0923. The number of aromatic nitrogens is 3. The molecule has 1 aliphatic rings. The lowest BCUT2D eigenvalue weighted by Crippen LogP contribution is -2.37. The van der Waals surface area contributed by atoms with Gasteiger partial charge in [0.2, 0.25) is 5.82 Å². The zero-order valence-electron chi connectivity index (χ0n) is 15.6. The first-order valence-corrected chi connectivity index (χ1v) is 9.75. The number of hydrogen-bond donors (Lipinski definition) is 1. The third kappa shape index (κ3) is 3.95. The van der Waals surface area contributed by atoms with Crippen LogP contribution in [0.5, 0.6) is 0 Å². The Kier molecular flexibility index (Phi) is 5.45. The van der Waals surface area contributed by atoms with Crippen molar-refractivity contribution in [1.82, 2.24) is 25.0 Å². The van der Waals surface area contributed by atoms with Gasteiger partial charge in [-0.3, -0.25) is 9.69 Å². The molecule has 3 heterocycles. The molecule has 7 nitrogen and oxygen atoms in total. The number of carbonyl (C=O) groups is 1. The van der Waals surface area contributed by atoms with E-state index in [9.17, 15) is 4.79 Å². The fraction of sp³-hybridized carbons (Fsp3) is 0.350. The molecule has 4 rings (SSSR count). The number of hydrogen-bond acceptors (Lipinski definition) is 5. The molecule has 2 aromatic heterocycles. The molecule has 8 heteroatoms. The first kappa shape index (κ1) is 18.7. The monoisotopic (exact) mass is 399 g/mol. The summed E-state index contributed by atoms with van der Waals surface area (Å²) in [6, 6.07) is 11.1. The Morgan fingerprint density at radius 1 is 1.25 bits per heavy atom. The van der Waals surface area contributed by atoms with E-state index in [1.807, 2.05) is 31.2 Å². The predicted octanol–water partition coefficient (Wildman–Crippen LogP) is 3.39. The Balaban J connectivity index is 1.47. The Morgan fingerprint density at radius 3 is 2.68 bits per heavy atom. The van der Waals surface area contributed by atoms with E-state index in [2.05, 4.69) is 20.3 Å². The topological polar surface area (TPSA) is 76.2 Å². The minimum atomic E-state index is -0.299.